The predicted octanol–water partition coefficient (Wildman–Crippen LogP) is 2.29. The highest BCUT2D eigenvalue weighted by molar-refractivity contribution is 5.96. The molecule has 3 aromatic rings. The van der Waals surface area contributed by atoms with Crippen molar-refractivity contribution in [1.82, 2.24) is 19.9 Å². The van der Waals surface area contributed by atoms with Gasteiger partial charge in [0.15, 0.2) is 5.65 Å². The van der Waals surface area contributed by atoms with E-state index in [1.807, 2.05) is 35.8 Å². The van der Waals surface area contributed by atoms with E-state index in [1.54, 1.807) is 12.5 Å². The lowest BCUT2D eigenvalue weighted by Gasteiger charge is -2.10. The molecule has 0 bridgehead atoms. The molecule has 1 aliphatic carbocycles. The summed E-state index contributed by atoms with van der Waals surface area (Å²) < 4.78 is 1.82. The number of carbonyl (C=O) groups is 1. The zero-order valence-corrected chi connectivity index (χ0v) is 14.1. The number of aliphatic hydroxyl groups is 1. The molecule has 0 unspecified atom stereocenters. The normalized spacial score (nSPS) is 14.0. The van der Waals surface area contributed by atoms with Gasteiger partial charge in [0.1, 0.15) is 5.52 Å². The van der Waals surface area contributed by atoms with Crippen molar-refractivity contribution in [2.24, 2.45) is 0 Å². The monoisotopic (exact) mass is 336 g/mol. The van der Waals surface area contributed by atoms with Crippen LogP contribution in [-0.2, 0) is 6.54 Å². The summed E-state index contributed by atoms with van der Waals surface area (Å²) in [5.41, 5.74) is 5.18. The summed E-state index contributed by atoms with van der Waals surface area (Å²) in [6.45, 7) is 2.54. The predicted molar refractivity (Wildman–Crippen MR) is 95.3 cm³/mol. The first-order valence-electron chi connectivity index (χ1n) is 8.49. The van der Waals surface area contributed by atoms with E-state index >= 15 is 0 Å². The third-order valence-corrected chi connectivity index (χ3v) is 4.52. The molecule has 4 rings (SSSR count). The molecule has 1 aliphatic rings. The highest BCUT2D eigenvalue weighted by Gasteiger charge is 2.24. The fourth-order valence-electron chi connectivity index (χ4n) is 2.94. The Labute approximate surface area is 145 Å². The van der Waals surface area contributed by atoms with Crippen LogP contribution in [0.1, 0.15) is 28.8 Å². The number of aromatic nitrogens is 3. The third-order valence-electron chi connectivity index (χ3n) is 4.52. The molecule has 25 heavy (non-hydrogen) atoms. The summed E-state index contributed by atoms with van der Waals surface area (Å²) in [6.07, 6.45) is 5.62. The first kappa shape index (κ1) is 15.8. The van der Waals surface area contributed by atoms with Gasteiger partial charge in [-0.05, 0) is 49.1 Å². The summed E-state index contributed by atoms with van der Waals surface area (Å²) in [5, 5.41) is 12.1. The number of nitrogens with zero attached hydrogens (tertiary/aromatic N) is 3. The van der Waals surface area contributed by atoms with Gasteiger partial charge in [0.2, 0.25) is 0 Å². The third kappa shape index (κ3) is 3.13. The molecule has 0 spiro atoms. The lowest BCUT2D eigenvalue weighted by molar-refractivity contribution is 0.0951. The smallest absolute Gasteiger partial charge is 0.251 e. The van der Waals surface area contributed by atoms with Gasteiger partial charge in [0.25, 0.3) is 5.91 Å². The van der Waals surface area contributed by atoms with Crippen LogP contribution in [0.15, 0.2) is 36.8 Å². The number of amides is 1. The van der Waals surface area contributed by atoms with Gasteiger partial charge in [-0.3, -0.25) is 4.79 Å². The molecular weight excluding hydrogens is 316 g/mol. The number of benzene rings is 1. The number of hydrogen-bond donors (Lipinski definition) is 2. The number of imidazole rings is 1. The molecule has 6 heteroatoms. The first-order chi connectivity index (χ1) is 12.2. The number of aliphatic hydroxyl groups excluding tert-OH is 1. The topological polar surface area (TPSA) is 80.0 Å². The van der Waals surface area contributed by atoms with Crippen LogP contribution in [-0.4, -0.2) is 38.2 Å². The van der Waals surface area contributed by atoms with Crippen molar-refractivity contribution in [3.05, 3.63) is 47.9 Å². The van der Waals surface area contributed by atoms with E-state index in [9.17, 15) is 4.79 Å². The zero-order chi connectivity index (χ0) is 17.4. The van der Waals surface area contributed by atoms with Crippen molar-refractivity contribution < 1.29 is 9.90 Å². The van der Waals surface area contributed by atoms with Gasteiger partial charge in [0.05, 0.1) is 12.9 Å². The summed E-state index contributed by atoms with van der Waals surface area (Å²) in [6, 6.07) is 8.05. The van der Waals surface area contributed by atoms with Gasteiger partial charge >= 0.3 is 0 Å². The number of carbonyl (C=O) groups excluding carboxylic acids is 1. The van der Waals surface area contributed by atoms with Crippen molar-refractivity contribution >= 4 is 17.1 Å². The Bertz CT molecular complexity index is 944. The maximum atomic E-state index is 12.3. The molecule has 2 N–H and O–H groups in total. The number of aryl methyl sites for hydroxylation is 1. The molecule has 2 heterocycles. The van der Waals surface area contributed by atoms with Gasteiger partial charge in [-0.15, -0.1) is 0 Å². The van der Waals surface area contributed by atoms with E-state index in [2.05, 4.69) is 15.3 Å². The van der Waals surface area contributed by atoms with Crippen LogP contribution in [0, 0.1) is 6.92 Å². The molecule has 2 aromatic heterocycles. The van der Waals surface area contributed by atoms with Crippen molar-refractivity contribution in [1.29, 1.82) is 0 Å². The number of fused-ring (bicyclic) bond motifs is 1. The second-order valence-corrected chi connectivity index (χ2v) is 6.51. The quantitative estimate of drug-likeness (QED) is 0.749. The molecule has 6 nitrogen and oxygen atoms in total. The van der Waals surface area contributed by atoms with Crippen molar-refractivity contribution in [2.75, 3.05) is 6.61 Å². The summed E-state index contributed by atoms with van der Waals surface area (Å²) in [4.78, 5) is 21.2. The second-order valence-electron chi connectivity index (χ2n) is 6.51. The Morgan fingerprint density at radius 3 is 2.92 bits per heavy atom. The number of hydrogen-bond acceptors (Lipinski definition) is 4. The minimum atomic E-state index is -0.0231. The van der Waals surface area contributed by atoms with E-state index < -0.39 is 0 Å². The highest BCUT2D eigenvalue weighted by atomic mass is 16.3. The summed E-state index contributed by atoms with van der Waals surface area (Å²) in [7, 11) is 0. The van der Waals surface area contributed by atoms with Crippen LogP contribution in [0.2, 0.25) is 0 Å². The van der Waals surface area contributed by atoms with E-state index in [0.29, 0.717) is 18.2 Å². The number of nitrogens with one attached hydrogen (secondary N) is 1. The Balaban J connectivity index is 1.70. The molecule has 1 aromatic carbocycles. The molecule has 1 saturated carbocycles. The van der Waals surface area contributed by atoms with Crippen LogP contribution >= 0.6 is 0 Å². The van der Waals surface area contributed by atoms with Gasteiger partial charge in [-0.2, -0.15) is 0 Å². The van der Waals surface area contributed by atoms with Gasteiger partial charge < -0.3 is 15.0 Å². The SMILES string of the molecule is Cc1ccc(C(=O)NC2CC2)cc1-c1cnc2c(c1)ncn2CCO. The fraction of sp³-hybridized carbons (Fsp3) is 0.316. The molecule has 1 amide bonds. The molecule has 0 saturated heterocycles. The lowest BCUT2D eigenvalue weighted by Crippen LogP contribution is -2.25. The highest BCUT2D eigenvalue weighted by Crippen LogP contribution is 2.27. The Morgan fingerprint density at radius 2 is 2.16 bits per heavy atom. The Kier molecular flexibility index (Phi) is 3.97. The standard InChI is InChI=1S/C19H20N4O2/c1-12-2-3-13(19(25)22-15-4-5-15)8-16(12)14-9-17-18(20-10-14)23(6-7-24)11-21-17/h2-3,8-11,15,24H,4-7H2,1H3,(H,22,25). The van der Waals surface area contributed by atoms with E-state index in [-0.39, 0.29) is 12.5 Å². The zero-order valence-electron chi connectivity index (χ0n) is 14.1. The van der Waals surface area contributed by atoms with Crippen LogP contribution in [0.4, 0.5) is 0 Å². The minimum Gasteiger partial charge on any atom is -0.395 e. The first-order valence-corrected chi connectivity index (χ1v) is 8.49. The molecular formula is C19H20N4O2. The summed E-state index contributed by atoms with van der Waals surface area (Å²) in [5.74, 6) is -0.0231. The second kappa shape index (κ2) is 6.29. The van der Waals surface area contributed by atoms with E-state index in [4.69, 9.17) is 5.11 Å². The average molecular weight is 336 g/mol. The van der Waals surface area contributed by atoms with Crippen molar-refractivity contribution in [3.63, 3.8) is 0 Å². The van der Waals surface area contributed by atoms with Crippen molar-refractivity contribution in [3.8, 4) is 11.1 Å². The molecule has 0 atom stereocenters. The van der Waals surface area contributed by atoms with Gasteiger partial charge in [-0.25, -0.2) is 9.97 Å². The van der Waals surface area contributed by atoms with Crippen molar-refractivity contribution in [2.45, 2.75) is 32.4 Å². The molecule has 128 valence electrons. The van der Waals surface area contributed by atoms with Gasteiger partial charge in [0, 0.05) is 29.9 Å². The molecule has 0 radical (unpaired) electrons. The number of rotatable bonds is 5. The van der Waals surface area contributed by atoms with Crippen LogP contribution < -0.4 is 5.32 Å². The maximum absolute atomic E-state index is 12.3. The summed E-state index contributed by atoms with van der Waals surface area (Å²) >= 11 is 0. The van der Waals surface area contributed by atoms with Gasteiger partial charge in [-0.1, -0.05) is 6.07 Å². The van der Waals surface area contributed by atoms with E-state index in [0.717, 1.165) is 40.7 Å². The lowest BCUT2D eigenvalue weighted by atomic mass is 9.99. The fourth-order valence-corrected chi connectivity index (χ4v) is 2.94. The molecule has 1 fully saturated rings. The largest absolute Gasteiger partial charge is 0.395 e. The maximum Gasteiger partial charge on any atom is 0.251 e. The minimum absolute atomic E-state index is 0.0231. The van der Waals surface area contributed by atoms with E-state index in [1.165, 1.54) is 0 Å². The van der Waals surface area contributed by atoms with Crippen LogP contribution in [0.5, 0.6) is 0 Å². The molecule has 0 aliphatic heterocycles. The van der Waals surface area contributed by atoms with Crippen LogP contribution in [0.25, 0.3) is 22.3 Å². The number of pyridine rings is 1. The Morgan fingerprint density at radius 1 is 1.32 bits per heavy atom. The Hall–Kier alpha value is -2.73. The average Bonchev–Trinajstić information content (AvgIpc) is 3.34. The van der Waals surface area contributed by atoms with Crippen LogP contribution in [0.3, 0.4) is 0 Å².